The third kappa shape index (κ3) is 12.4. The fourth-order valence-corrected chi connectivity index (χ4v) is 10.3. The zero-order valence-corrected chi connectivity index (χ0v) is 40.4. The number of nitrogens with zero attached hydrogens (tertiary/aromatic N) is 4. The molecule has 3 aliphatic rings. The molecule has 1 unspecified atom stereocenters. The van der Waals surface area contributed by atoms with Gasteiger partial charge in [-0.3, -0.25) is 19.4 Å². The lowest BCUT2D eigenvalue weighted by Crippen LogP contribution is -2.61. The number of ketones is 1. The molecule has 3 fully saturated rings. The van der Waals surface area contributed by atoms with Gasteiger partial charge in [0, 0.05) is 68.5 Å². The maximum Gasteiger partial charge on any atom is 0.410 e. The first-order valence-electron chi connectivity index (χ1n) is 23.5. The van der Waals surface area contributed by atoms with Crippen molar-refractivity contribution in [3.63, 3.8) is 0 Å². The summed E-state index contributed by atoms with van der Waals surface area (Å²) in [6.45, 7) is 15.5. The zero-order chi connectivity index (χ0) is 47.6. The van der Waals surface area contributed by atoms with Gasteiger partial charge in [-0.15, -0.1) is 0 Å². The molecular weight excluding hydrogens is 835 g/mol. The lowest BCUT2D eigenvalue weighted by molar-refractivity contribution is -0.301. The minimum Gasteiger partial charge on any atom is -0.461 e. The summed E-state index contributed by atoms with van der Waals surface area (Å²) in [5.74, 6) is -3.86. The van der Waals surface area contributed by atoms with E-state index in [1.165, 1.54) is 7.11 Å². The number of likely N-dealkylation sites (N-methyl/N-ethyl adjacent to an activating group) is 1. The van der Waals surface area contributed by atoms with Gasteiger partial charge in [-0.25, -0.2) is 9.78 Å². The summed E-state index contributed by atoms with van der Waals surface area (Å²) in [5, 5.41) is 15.0. The summed E-state index contributed by atoms with van der Waals surface area (Å²) in [5.41, 5.74) is -1.99. The number of anilines is 1. The number of hydrogen-bond acceptors (Lipinski definition) is 15. The number of carbonyl (C=O) groups excluding carboxylic acids is 4. The fourth-order valence-electron chi connectivity index (χ4n) is 10.3. The number of esters is 2. The number of aliphatic hydroxyl groups is 1. The van der Waals surface area contributed by atoms with E-state index in [9.17, 15) is 24.3 Å². The molecule has 5 rings (SSSR count). The van der Waals surface area contributed by atoms with Crippen LogP contribution in [0, 0.1) is 23.7 Å². The van der Waals surface area contributed by atoms with E-state index in [0.717, 1.165) is 18.7 Å². The van der Waals surface area contributed by atoms with Crippen LogP contribution >= 0.6 is 0 Å². The number of pyridine rings is 2. The van der Waals surface area contributed by atoms with Gasteiger partial charge in [-0.1, -0.05) is 39.8 Å². The van der Waals surface area contributed by atoms with Gasteiger partial charge in [0.25, 0.3) is 0 Å². The van der Waals surface area contributed by atoms with Crippen molar-refractivity contribution in [1.29, 1.82) is 0 Å². The lowest BCUT2D eigenvalue weighted by Gasteiger charge is -2.48. The maximum absolute atomic E-state index is 15.0. The Bertz CT molecular complexity index is 1860. The average Bonchev–Trinajstić information content (AvgIpc) is 3.55. The molecule has 362 valence electrons. The Hall–Kier alpha value is -4.22. The number of amides is 1. The number of carbonyl (C=O) groups is 4. The number of rotatable bonds is 16. The Kier molecular flexibility index (Phi) is 18.3. The molecule has 0 spiro atoms. The first-order valence-corrected chi connectivity index (χ1v) is 23.5. The molecule has 3 saturated heterocycles. The molecule has 2 aromatic heterocycles. The molecule has 2 aromatic rings. The number of Topliss-reactive ketones (excluding diaryl/α,β-unsaturated/α-hetero) is 1. The standard InChI is InChI=1S/C49H75N5O11/c1-12-37-49(8)43(54(47(59)65-49)27-19-13-16-25-51-38-21-15-18-26-52-38)32(4)40(56)30(2)29-48(7,60-11)44(64-46-41(57)36(53(9)10)28-31(3)61-46)33(5)42(34(6)45(58)62-37)63-39(55)23-22-35-20-14-17-24-50-35/h14-15,17-18,20-21,24,26,30-34,36-37,41-44,46,57H,12-13,16,19,22-23,25,27-29H2,1-11H3,(H,51,52)/t30-,31-,32-,33-,34-,36+,37+,41-,42-,43+,44-,46?,48-,49-/m1/s1. The van der Waals surface area contributed by atoms with Crippen LogP contribution in [-0.2, 0) is 49.2 Å². The minimum absolute atomic E-state index is 0.0190. The number of nitrogens with one attached hydrogen (secondary N) is 1. The van der Waals surface area contributed by atoms with Crippen LogP contribution in [0.2, 0.25) is 0 Å². The minimum atomic E-state index is -1.41. The number of aryl methyl sites for hydroxylation is 1. The second kappa shape index (κ2) is 23.0. The fraction of sp³-hybridized carbons (Fsp3) is 0.714. The summed E-state index contributed by atoms with van der Waals surface area (Å²) in [7, 11) is 5.30. The molecule has 3 aliphatic heterocycles. The van der Waals surface area contributed by atoms with E-state index in [1.807, 2.05) is 90.9 Å². The molecule has 5 heterocycles. The van der Waals surface area contributed by atoms with Crippen molar-refractivity contribution in [3.05, 3.63) is 54.5 Å². The predicted octanol–water partition coefficient (Wildman–Crippen LogP) is 6.24. The molecule has 0 saturated carbocycles. The predicted molar refractivity (Wildman–Crippen MR) is 244 cm³/mol. The van der Waals surface area contributed by atoms with Gasteiger partial charge in [-0.2, -0.15) is 0 Å². The van der Waals surface area contributed by atoms with E-state index in [1.54, 1.807) is 37.2 Å². The third-order valence-electron chi connectivity index (χ3n) is 14.0. The van der Waals surface area contributed by atoms with Gasteiger partial charge in [0.05, 0.1) is 36.2 Å². The number of aliphatic hydroxyl groups excluding tert-OH is 1. The Balaban J connectivity index is 1.51. The third-order valence-corrected chi connectivity index (χ3v) is 14.0. The van der Waals surface area contributed by atoms with Crippen molar-refractivity contribution in [2.24, 2.45) is 23.7 Å². The normalized spacial score (nSPS) is 34.9. The molecular formula is C49H75N5O11. The summed E-state index contributed by atoms with van der Waals surface area (Å²) < 4.78 is 38.5. The van der Waals surface area contributed by atoms with E-state index in [-0.39, 0.29) is 37.2 Å². The zero-order valence-electron chi connectivity index (χ0n) is 40.4. The second-order valence-electron chi connectivity index (χ2n) is 19.1. The van der Waals surface area contributed by atoms with Gasteiger partial charge in [0.1, 0.15) is 29.9 Å². The number of fused-ring (bicyclic) bond motifs is 1. The summed E-state index contributed by atoms with van der Waals surface area (Å²) in [6, 6.07) is 10.1. The highest BCUT2D eigenvalue weighted by atomic mass is 16.7. The first kappa shape index (κ1) is 51.8. The van der Waals surface area contributed by atoms with E-state index in [2.05, 4.69) is 15.3 Å². The number of ether oxygens (including phenoxy) is 6. The van der Waals surface area contributed by atoms with E-state index < -0.39 is 89.7 Å². The van der Waals surface area contributed by atoms with E-state index >= 15 is 0 Å². The number of unbranched alkanes of at least 4 members (excludes halogenated alkanes) is 2. The molecule has 2 N–H and O–H groups in total. The topological polar surface area (TPSA) is 188 Å². The summed E-state index contributed by atoms with van der Waals surface area (Å²) in [6.07, 6.45) is 0.697. The Morgan fingerprint density at radius 2 is 1.69 bits per heavy atom. The SMILES string of the molecule is CC[C@@H]1OC(=O)[C@H](C)[C@H](OC(=O)CCc2ccccn2)[C@@H](C)[C@@H](OC2O[C@H](C)C[C@H](N(C)C)[C@H]2O)[C@](C)(OC)C[C@@H](C)C(=O)[C@@H](C)[C@@H]2N(CCCCCNc3ccccn3)C(=O)O[C@]12C. The van der Waals surface area contributed by atoms with Gasteiger partial charge >= 0.3 is 18.0 Å². The van der Waals surface area contributed by atoms with Gasteiger partial charge in [0.2, 0.25) is 0 Å². The number of aromatic nitrogens is 2. The van der Waals surface area contributed by atoms with Crippen LogP contribution < -0.4 is 5.32 Å². The molecule has 1 amide bonds. The van der Waals surface area contributed by atoms with Crippen LogP contribution in [0.3, 0.4) is 0 Å². The van der Waals surface area contributed by atoms with Crippen molar-refractivity contribution in [1.82, 2.24) is 19.8 Å². The largest absolute Gasteiger partial charge is 0.461 e. The van der Waals surface area contributed by atoms with Gasteiger partial charge in [0.15, 0.2) is 11.9 Å². The van der Waals surface area contributed by atoms with Crippen LogP contribution in [0.5, 0.6) is 0 Å². The van der Waals surface area contributed by atoms with E-state index in [4.69, 9.17) is 28.4 Å². The van der Waals surface area contributed by atoms with Crippen molar-refractivity contribution in [2.45, 2.75) is 167 Å². The van der Waals surface area contributed by atoms with Crippen molar-refractivity contribution < 1.29 is 52.7 Å². The monoisotopic (exact) mass is 910 g/mol. The molecule has 16 nitrogen and oxygen atoms in total. The van der Waals surface area contributed by atoms with Crippen LogP contribution in [0.1, 0.15) is 106 Å². The molecule has 16 heteroatoms. The van der Waals surface area contributed by atoms with Crippen molar-refractivity contribution >= 4 is 29.6 Å². The molecule has 0 aromatic carbocycles. The van der Waals surface area contributed by atoms with Gasteiger partial charge in [-0.05, 0) is 105 Å². The van der Waals surface area contributed by atoms with E-state index in [0.29, 0.717) is 38.0 Å². The van der Waals surface area contributed by atoms with Crippen LogP contribution in [0.15, 0.2) is 48.8 Å². The molecule has 0 bridgehead atoms. The smallest absolute Gasteiger partial charge is 0.410 e. The highest BCUT2D eigenvalue weighted by Gasteiger charge is 2.60. The second-order valence-corrected chi connectivity index (χ2v) is 19.1. The van der Waals surface area contributed by atoms with Crippen molar-refractivity contribution in [2.75, 3.05) is 39.6 Å². The molecule has 14 atom stereocenters. The Morgan fingerprint density at radius 1 is 0.985 bits per heavy atom. The highest BCUT2D eigenvalue weighted by molar-refractivity contribution is 5.85. The maximum atomic E-state index is 15.0. The summed E-state index contributed by atoms with van der Waals surface area (Å²) in [4.78, 5) is 69.7. The lowest BCUT2D eigenvalue weighted by atomic mass is 9.73. The van der Waals surface area contributed by atoms with Crippen LogP contribution in [0.4, 0.5) is 10.6 Å². The first-order chi connectivity index (χ1) is 30.8. The number of hydrogen-bond donors (Lipinski definition) is 2. The molecule has 0 aliphatic carbocycles. The van der Waals surface area contributed by atoms with Crippen molar-refractivity contribution in [3.8, 4) is 0 Å². The van der Waals surface area contributed by atoms with Crippen LogP contribution in [0.25, 0.3) is 0 Å². The average molecular weight is 910 g/mol. The molecule has 0 radical (unpaired) electrons. The summed E-state index contributed by atoms with van der Waals surface area (Å²) >= 11 is 0. The Morgan fingerprint density at radius 3 is 2.32 bits per heavy atom. The number of methoxy groups -OCH3 is 1. The van der Waals surface area contributed by atoms with Gasteiger partial charge < -0.3 is 48.6 Å². The quantitative estimate of drug-likeness (QED) is 0.109. The highest BCUT2D eigenvalue weighted by Crippen LogP contribution is 2.44. The number of cyclic esters (lactones) is 1. The Labute approximate surface area is 385 Å². The van der Waals surface area contributed by atoms with Crippen LogP contribution in [-0.4, -0.2) is 143 Å². The molecule has 65 heavy (non-hydrogen) atoms.